The Balaban J connectivity index is 1.76. The number of rotatable bonds is 5. The molecule has 0 saturated carbocycles. The Morgan fingerprint density at radius 1 is 1.47 bits per heavy atom. The molecule has 0 bridgehead atoms. The van der Waals surface area contributed by atoms with Gasteiger partial charge in [-0.1, -0.05) is 6.07 Å². The number of hydrogen-bond acceptors (Lipinski definition) is 3. The highest BCUT2D eigenvalue weighted by Crippen LogP contribution is 2.16. The maximum absolute atomic E-state index is 12.9. The third kappa shape index (κ3) is 3.41. The van der Waals surface area contributed by atoms with Crippen molar-refractivity contribution in [2.24, 2.45) is 0 Å². The lowest BCUT2D eigenvalue weighted by Gasteiger charge is -2.22. The minimum absolute atomic E-state index is 0.208. The van der Waals surface area contributed by atoms with Crippen molar-refractivity contribution in [2.75, 3.05) is 26.3 Å². The molecule has 4 heteroatoms. The van der Waals surface area contributed by atoms with E-state index in [2.05, 4.69) is 4.90 Å². The van der Waals surface area contributed by atoms with Gasteiger partial charge in [0.25, 0.3) is 0 Å². The van der Waals surface area contributed by atoms with Gasteiger partial charge in [0.1, 0.15) is 18.2 Å². The lowest BCUT2D eigenvalue weighted by atomic mass is 10.2. The summed E-state index contributed by atoms with van der Waals surface area (Å²) in [5, 5.41) is 9.16. The highest BCUT2D eigenvalue weighted by atomic mass is 19.1. The fourth-order valence-electron chi connectivity index (χ4n) is 2.23. The van der Waals surface area contributed by atoms with Crippen LogP contribution < -0.4 is 4.74 Å². The van der Waals surface area contributed by atoms with E-state index in [1.54, 1.807) is 12.1 Å². The monoisotopic (exact) mass is 239 g/mol. The molecule has 1 atom stereocenters. The van der Waals surface area contributed by atoms with Crippen LogP contribution in [0.25, 0.3) is 0 Å². The van der Waals surface area contributed by atoms with Crippen LogP contribution >= 0.6 is 0 Å². The molecule has 1 aliphatic heterocycles. The van der Waals surface area contributed by atoms with Crippen molar-refractivity contribution in [2.45, 2.75) is 18.9 Å². The van der Waals surface area contributed by atoms with E-state index in [4.69, 9.17) is 9.84 Å². The van der Waals surface area contributed by atoms with Crippen molar-refractivity contribution >= 4 is 0 Å². The zero-order valence-electron chi connectivity index (χ0n) is 9.81. The predicted molar refractivity (Wildman–Crippen MR) is 63.6 cm³/mol. The minimum atomic E-state index is -0.281. The van der Waals surface area contributed by atoms with E-state index in [1.807, 2.05) is 0 Å². The molecular weight excluding hydrogens is 221 g/mol. The molecule has 1 fully saturated rings. The number of likely N-dealkylation sites (tertiary alicyclic amines) is 1. The first kappa shape index (κ1) is 12.3. The summed E-state index contributed by atoms with van der Waals surface area (Å²) in [4.78, 5) is 2.22. The average molecular weight is 239 g/mol. The van der Waals surface area contributed by atoms with Gasteiger partial charge >= 0.3 is 0 Å². The zero-order valence-corrected chi connectivity index (χ0v) is 9.81. The molecule has 1 N–H and O–H groups in total. The fraction of sp³-hybridized carbons (Fsp3) is 0.538. The molecule has 0 radical (unpaired) electrons. The van der Waals surface area contributed by atoms with E-state index in [-0.39, 0.29) is 18.5 Å². The van der Waals surface area contributed by atoms with Crippen LogP contribution in [0.5, 0.6) is 5.75 Å². The molecule has 1 aromatic carbocycles. The molecule has 1 saturated heterocycles. The normalized spacial score (nSPS) is 20.7. The van der Waals surface area contributed by atoms with Gasteiger partial charge in [0.05, 0.1) is 6.61 Å². The molecule has 3 nitrogen and oxygen atoms in total. The second-order valence-corrected chi connectivity index (χ2v) is 4.32. The maximum atomic E-state index is 12.9. The van der Waals surface area contributed by atoms with Gasteiger partial charge in [-0.05, 0) is 31.5 Å². The zero-order chi connectivity index (χ0) is 12.1. The van der Waals surface area contributed by atoms with E-state index in [1.165, 1.54) is 12.1 Å². The molecule has 0 amide bonds. The van der Waals surface area contributed by atoms with Gasteiger partial charge in [0.15, 0.2) is 0 Å². The Bertz CT molecular complexity index is 359. The third-order valence-electron chi connectivity index (χ3n) is 3.15. The molecule has 1 aliphatic rings. The molecular formula is C13H18FNO2. The number of aliphatic hydroxyl groups excluding tert-OH is 1. The van der Waals surface area contributed by atoms with Crippen molar-refractivity contribution in [3.63, 3.8) is 0 Å². The summed E-state index contributed by atoms with van der Waals surface area (Å²) < 4.78 is 18.4. The predicted octanol–water partition coefficient (Wildman–Crippen LogP) is 1.66. The van der Waals surface area contributed by atoms with E-state index >= 15 is 0 Å². The highest BCUT2D eigenvalue weighted by molar-refractivity contribution is 5.22. The maximum Gasteiger partial charge on any atom is 0.126 e. The molecule has 1 unspecified atom stereocenters. The molecule has 1 aromatic rings. The first-order chi connectivity index (χ1) is 8.29. The van der Waals surface area contributed by atoms with Crippen LogP contribution in [0.15, 0.2) is 24.3 Å². The van der Waals surface area contributed by atoms with E-state index in [0.29, 0.717) is 12.4 Å². The summed E-state index contributed by atoms with van der Waals surface area (Å²) in [6.07, 6.45) is 2.18. The Labute approximate surface area is 101 Å². The second-order valence-electron chi connectivity index (χ2n) is 4.32. The van der Waals surface area contributed by atoms with Gasteiger partial charge in [-0.2, -0.15) is 0 Å². The lowest BCUT2D eigenvalue weighted by Crippen LogP contribution is -2.35. The minimum Gasteiger partial charge on any atom is -0.492 e. The molecule has 1 heterocycles. The summed E-state index contributed by atoms with van der Waals surface area (Å²) in [5.74, 6) is 0.279. The summed E-state index contributed by atoms with van der Waals surface area (Å²) >= 11 is 0. The number of benzene rings is 1. The fourth-order valence-corrected chi connectivity index (χ4v) is 2.23. The van der Waals surface area contributed by atoms with Crippen molar-refractivity contribution in [3.8, 4) is 5.75 Å². The van der Waals surface area contributed by atoms with Crippen LogP contribution in [0, 0.1) is 5.82 Å². The van der Waals surface area contributed by atoms with Crippen LogP contribution in [0.1, 0.15) is 12.8 Å². The third-order valence-corrected chi connectivity index (χ3v) is 3.15. The van der Waals surface area contributed by atoms with Gasteiger partial charge in [0.2, 0.25) is 0 Å². The van der Waals surface area contributed by atoms with Crippen molar-refractivity contribution in [3.05, 3.63) is 30.1 Å². The van der Waals surface area contributed by atoms with Gasteiger partial charge in [-0.3, -0.25) is 4.90 Å². The van der Waals surface area contributed by atoms with Crippen LogP contribution in [0.2, 0.25) is 0 Å². The van der Waals surface area contributed by atoms with Gasteiger partial charge < -0.3 is 9.84 Å². The standard InChI is InChI=1S/C13H18FNO2/c14-11-3-1-5-13(9-11)17-8-7-15-6-2-4-12(15)10-16/h1,3,5,9,12,16H,2,4,6-8,10H2. The van der Waals surface area contributed by atoms with Crippen molar-refractivity contribution in [1.29, 1.82) is 0 Å². The van der Waals surface area contributed by atoms with Crippen LogP contribution in [-0.4, -0.2) is 42.4 Å². The Hall–Kier alpha value is -1.13. The quantitative estimate of drug-likeness (QED) is 0.848. The first-order valence-electron chi connectivity index (χ1n) is 6.03. The number of nitrogens with zero attached hydrogens (tertiary/aromatic N) is 1. The van der Waals surface area contributed by atoms with Crippen LogP contribution in [-0.2, 0) is 0 Å². The summed E-state index contributed by atoms with van der Waals surface area (Å²) in [5.41, 5.74) is 0. The number of hydrogen-bond donors (Lipinski definition) is 1. The summed E-state index contributed by atoms with van der Waals surface area (Å²) in [7, 11) is 0. The molecule has 0 aromatic heterocycles. The SMILES string of the molecule is OCC1CCCN1CCOc1cccc(F)c1. The van der Waals surface area contributed by atoms with Crippen LogP contribution in [0.4, 0.5) is 4.39 Å². The number of halogens is 1. The second kappa shape index (κ2) is 5.98. The molecule has 94 valence electrons. The van der Waals surface area contributed by atoms with Crippen LogP contribution in [0.3, 0.4) is 0 Å². The van der Waals surface area contributed by atoms with Gasteiger partial charge in [-0.15, -0.1) is 0 Å². The molecule has 17 heavy (non-hydrogen) atoms. The lowest BCUT2D eigenvalue weighted by molar-refractivity contribution is 0.139. The smallest absolute Gasteiger partial charge is 0.126 e. The highest BCUT2D eigenvalue weighted by Gasteiger charge is 2.22. The van der Waals surface area contributed by atoms with Gasteiger partial charge in [-0.25, -0.2) is 4.39 Å². The Morgan fingerprint density at radius 2 is 2.35 bits per heavy atom. The summed E-state index contributed by atoms with van der Waals surface area (Å²) in [6, 6.07) is 6.43. The van der Waals surface area contributed by atoms with Gasteiger partial charge in [0, 0.05) is 18.7 Å². The Kier molecular flexibility index (Phi) is 4.34. The van der Waals surface area contributed by atoms with E-state index in [9.17, 15) is 4.39 Å². The number of ether oxygens (including phenoxy) is 1. The Morgan fingerprint density at radius 3 is 3.12 bits per heavy atom. The molecule has 0 spiro atoms. The largest absolute Gasteiger partial charge is 0.492 e. The van der Waals surface area contributed by atoms with Crippen molar-refractivity contribution < 1.29 is 14.2 Å². The van der Waals surface area contributed by atoms with E-state index < -0.39 is 0 Å². The molecule has 0 aliphatic carbocycles. The van der Waals surface area contributed by atoms with Crippen molar-refractivity contribution in [1.82, 2.24) is 4.90 Å². The first-order valence-corrected chi connectivity index (χ1v) is 6.03. The number of aliphatic hydroxyl groups is 1. The van der Waals surface area contributed by atoms with E-state index in [0.717, 1.165) is 25.9 Å². The molecule has 2 rings (SSSR count). The summed E-state index contributed by atoms with van der Waals surface area (Å²) in [6.45, 7) is 2.53. The topological polar surface area (TPSA) is 32.7 Å². The average Bonchev–Trinajstić information content (AvgIpc) is 2.77.